The molecule has 1 heterocycles. The van der Waals surface area contributed by atoms with Crippen molar-refractivity contribution in [2.75, 3.05) is 0 Å². The maximum absolute atomic E-state index is 4.06. The van der Waals surface area contributed by atoms with Crippen LogP contribution in [0, 0.1) is 0 Å². The van der Waals surface area contributed by atoms with Crippen LogP contribution in [0.3, 0.4) is 0 Å². The van der Waals surface area contributed by atoms with Crippen molar-refractivity contribution in [1.29, 1.82) is 0 Å². The van der Waals surface area contributed by atoms with Gasteiger partial charge in [0.25, 0.3) is 0 Å². The molecule has 0 N–H and O–H groups in total. The molecule has 0 bridgehead atoms. The first kappa shape index (κ1) is 7.10. The van der Waals surface area contributed by atoms with Crippen LogP contribution in [0.2, 0.25) is 0 Å². The van der Waals surface area contributed by atoms with Crippen molar-refractivity contribution >= 4 is 36.9 Å². The minimum atomic E-state index is 1.24. The zero-order valence-corrected chi connectivity index (χ0v) is 8.77. The van der Waals surface area contributed by atoms with Gasteiger partial charge in [-0.15, -0.1) is 0 Å². The second-order valence-electron chi connectivity index (χ2n) is 2.44. The van der Waals surface area contributed by atoms with E-state index in [2.05, 4.69) is 23.2 Å². The number of nitrogens with zero attached hydrogens (tertiary/aromatic N) is 1. The number of pyridine rings is 1. The van der Waals surface area contributed by atoms with Crippen LogP contribution in [-0.4, -0.2) is 27.5 Å². The number of aromatic nitrogens is 1. The molecule has 0 aliphatic heterocycles. The molecule has 0 amide bonds. The van der Waals surface area contributed by atoms with E-state index in [9.17, 15) is 0 Å². The molecule has 1 aromatic heterocycles. The Morgan fingerprint density at radius 1 is 1.09 bits per heavy atom. The Kier molecular flexibility index (Phi) is 1.82. The first-order valence-corrected chi connectivity index (χ1v) is 4.84. The van der Waals surface area contributed by atoms with Gasteiger partial charge in [0.2, 0.25) is 0 Å². The fourth-order valence-electron chi connectivity index (χ4n) is 1.09. The van der Waals surface area contributed by atoms with E-state index >= 15 is 0 Å². The van der Waals surface area contributed by atoms with Crippen molar-refractivity contribution in [2.24, 2.45) is 0 Å². The van der Waals surface area contributed by atoms with Crippen LogP contribution in [-0.2, 0) is 0 Å². The van der Waals surface area contributed by atoms with Gasteiger partial charge < -0.3 is 0 Å². The van der Waals surface area contributed by atoms with Crippen LogP contribution in [0.1, 0.15) is 0 Å². The van der Waals surface area contributed by atoms with Crippen molar-refractivity contribution in [3.05, 3.63) is 36.7 Å². The molecule has 0 saturated carbocycles. The first-order chi connectivity index (χ1) is 5.36. The van der Waals surface area contributed by atoms with Crippen molar-refractivity contribution in [1.82, 2.24) is 4.98 Å². The van der Waals surface area contributed by atoms with Gasteiger partial charge in [0.05, 0.1) is 0 Å². The third kappa shape index (κ3) is 1.38. The third-order valence-corrected chi connectivity index (χ3v) is 2.53. The van der Waals surface area contributed by atoms with Gasteiger partial charge in [0, 0.05) is 0 Å². The predicted octanol–water partition coefficient (Wildman–Crippen LogP) is 1.03. The van der Waals surface area contributed by atoms with Crippen molar-refractivity contribution in [3.63, 3.8) is 0 Å². The molecule has 1 nitrogen and oxygen atoms in total. The first-order valence-electron chi connectivity index (χ1n) is 3.42. The molecular weight excluding hydrogens is 241 g/mol. The van der Waals surface area contributed by atoms with Crippen LogP contribution < -0.4 is 3.58 Å². The molecule has 0 spiro atoms. The average molecular weight is 247 g/mol. The summed E-state index contributed by atoms with van der Waals surface area (Å²) in [7, 11) is 0. The predicted molar refractivity (Wildman–Crippen MR) is 47.1 cm³/mol. The molecule has 1 aromatic carbocycles. The molecule has 51 valence electrons. The maximum atomic E-state index is 4.06. The summed E-state index contributed by atoms with van der Waals surface area (Å²) in [5.41, 5.74) is 0. The summed E-state index contributed by atoms with van der Waals surface area (Å²) in [6.07, 6.45) is 3.73. The standard InChI is InChI=1S/C9H6N.Sn/c1-2-4-9-7-10-6-5-8(9)3-1;/h1,3-7H;. The summed E-state index contributed by atoms with van der Waals surface area (Å²) >= 11 is 1.46. The Morgan fingerprint density at radius 2 is 2.00 bits per heavy atom. The number of benzene rings is 1. The Labute approximate surface area is 78.5 Å². The number of rotatable bonds is 0. The topological polar surface area (TPSA) is 12.9 Å². The van der Waals surface area contributed by atoms with Crippen LogP contribution >= 0.6 is 0 Å². The number of hydrogen-bond acceptors (Lipinski definition) is 1. The van der Waals surface area contributed by atoms with Gasteiger partial charge in [-0.05, 0) is 0 Å². The molecule has 2 aromatic rings. The molecule has 0 saturated heterocycles. The van der Waals surface area contributed by atoms with Crippen molar-refractivity contribution in [2.45, 2.75) is 0 Å². The quantitative estimate of drug-likeness (QED) is 0.633. The fraction of sp³-hybridized carbons (Fsp3) is 0. The molecule has 0 atom stereocenters. The Hall–Kier alpha value is -0.571. The number of fused-ring (bicyclic) bond motifs is 1. The van der Waals surface area contributed by atoms with E-state index in [1.165, 1.54) is 36.9 Å². The summed E-state index contributed by atoms with van der Waals surface area (Å²) in [4.78, 5) is 4.06. The fourth-order valence-corrected chi connectivity index (χ4v) is 1.77. The minimum absolute atomic E-state index is 1.24. The summed E-state index contributed by atoms with van der Waals surface area (Å²) < 4.78 is 1.37. The van der Waals surface area contributed by atoms with Gasteiger partial charge in [-0.1, -0.05) is 0 Å². The summed E-state index contributed by atoms with van der Waals surface area (Å²) in [5, 5.41) is 2.51. The van der Waals surface area contributed by atoms with E-state index in [4.69, 9.17) is 0 Å². The summed E-state index contributed by atoms with van der Waals surface area (Å²) in [6, 6.07) is 8.51. The van der Waals surface area contributed by atoms with E-state index in [1.807, 2.05) is 18.5 Å². The average Bonchev–Trinajstić information content (AvgIpc) is 2.04. The zero-order valence-electron chi connectivity index (χ0n) is 5.91. The summed E-state index contributed by atoms with van der Waals surface area (Å²) in [5.74, 6) is 0. The van der Waals surface area contributed by atoms with Crippen LogP contribution in [0.15, 0.2) is 36.7 Å². The molecule has 2 rings (SSSR count). The molecule has 11 heavy (non-hydrogen) atoms. The Morgan fingerprint density at radius 3 is 2.91 bits per heavy atom. The van der Waals surface area contributed by atoms with Gasteiger partial charge in [-0.2, -0.15) is 0 Å². The zero-order chi connectivity index (χ0) is 7.68. The molecule has 0 aliphatic carbocycles. The monoisotopic (exact) mass is 248 g/mol. The molecule has 0 unspecified atom stereocenters. The van der Waals surface area contributed by atoms with Crippen LogP contribution in [0.4, 0.5) is 0 Å². The summed E-state index contributed by atoms with van der Waals surface area (Å²) in [6.45, 7) is 0. The molecule has 3 radical (unpaired) electrons. The van der Waals surface area contributed by atoms with E-state index < -0.39 is 0 Å². The Balaban J connectivity index is 2.83. The van der Waals surface area contributed by atoms with E-state index in [0.29, 0.717) is 0 Å². The molecule has 2 heteroatoms. The SMILES string of the molecule is [Sn][c]1ccc2ccncc2c1. The van der Waals surface area contributed by atoms with Gasteiger partial charge >= 0.3 is 78.5 Å². The normalized spacial score (nSPS) is 10.3. The molecule has 0 aliphatic rings. The van der Waals surface area contributed by atoms with Crippen LogP contribution in [0.25, 0.3) is 10.8 Å². The second kappa shape index (κ2) is 2.81. The third-order valence-electron chi connectivity index (χ3n) is 1.64. The van der Waals surface area contributed by atoms with E-state index in [0.717, 1.165) is 0 Å². The van der Waals surface area contributed by atoms with Gasteiger partial charge in [0.15, 0.2) is 0 Å². The van der Waals surface area contributed by atoms with Gasteiger partial charge in [-0.25, -0.2) is 0 Å². The van der Waals surface area contributed by atoms with E-state index in [1.54, 1.807) is 0 Å². The van der Waals surface area contributed by atoms with Gasteiger partial charge in [0.1, 0.15) is 0 Å². The van der Waals surface area contributed by atoms with Gasteiger partial charge in [-0.3, -0.25) is 0 Å². The van der Waals surface area contributed by atoms with Crippen molar-refractivity contribution in [3.8, 4) is 0 Å². The second-order valence-corrected chi connectivity index (χ2v) is 4.09. The number of hydrogen-bond donors (Lipinski definition) is 0. The van der Waals surface area contributed by atoms with Crippen LogP contribution in [0.5, 0.6) is 0 Å². The van der Waals surface area contributed by atoms with E-state index in [-0.39, 0.29) is 0 Å². The Bertz CT molecular complexity index is 384. The molecular formula is C9H6NSn. The molecule has 0 fully saturated rings. The van der Waals surface area contributed by atoms with Crippen molar-refractivity contribution < 1.29 is 0 Å².